The monoisotopic (exact) mass is 658 g/mol. The Bertz CT molecular complexity index is 1040. The molecule has 1 aliphatic heterocycles. The lowest BCUT2D eigenvalue weighted by Gasteiger charge is -2.33. The topological polar surface area (TPSA) is 57.5 Å². The van der Waals surface area contributed by atoms with Crippen LogP contribution in [0.2, 0.25) is 0 Å². The van der Waals surface area contributed by atoms with E-state index in [4.69, 9.17) is 9.47 Å². The molecule has 0 aromatic heterocycles. The molecule has 47 heavy (non-hydrogen) atoms. The summed E-state index contributed by atoms with van der Waals surface area (Å²) < 4.78 is 10.9. The molecule has 2 aliphatic rings. The highest BCUT2D eigenvalue weighted by molar-refractivity contribution is 6.04. The Balaban J connectivity index is 0. The maximum atomic E-state index is 10.1. The zero-order chi connectivity index (χ0) is 36.4. The van der Waals surface area contributed by atoms with Gasteiger partial charge in [-0.1, -0.05) is 126 Å². The van der Waals surface area contributed by atoms with Crippen molar-refractivity contribution in [3.63, 3.8) is 0 Å². The number of aliphatic hydroxyl groups excluding tert-OH is 1. The first-order chi connectivity index (χ1) is 22.6. The Kier molecular flexibility index (Phi) is 27.9. The predicted octanol–water partition coefficient (Wildman–Crippen LogP) is 11.4. The van der Waals surface area contributed by atoms with Crippen LogP contribution in [0.1, 0.15) is 145 Å². The van der Waals surface area contributed by atoms with Crippen LogP contribution in [-0.2, 0) is 0 Å². The number of amidine groups is 1. The van der Waals surface area contributed by atoms with Crippen LogP contribution in [0.3, 0.4) is 0 Å². The molecule has 2 aromatic carbocycles. The highest BCUT2D eigenvalue weighted by Gasteiger charge is 2.22. The molecule has 1 fully saturated rings. The number of fused-ring (bicyclic) bond motifs is 1. The third-order valence-corrected chi connectivity index (χ3v) is 7.99. The van der Waals surface area contributed by atoms with Gasteiger partial charge in [0.25, 0.3) is 0 Å². The van der Waals surface area contributed by atoms with E-state index in [1.54, 1.807) is 7.11 Å². The smallest absolute Gasteiger partial charge is 0.161 e. The van der Waals surface area contributed by atoms with Gasteiger partial charge in [-0.15, -0.1) is 0 Å². The fourth-order valence-corrected chi connectivity index (χ4v) is 5.08. The van der Waals surface area contributed by atoms with Gasteiger partial charge in [0.2, 0.25) is 0 Å². The van der Waals surface area contributed by atoms with Crippen molar-refractivity contribution in [2.75, 3.05) is 39.8 Å². The Hall–Kier alpha value is -2.73. The van der Waals surface area contributed by atoms with Crippen molar-refractivity contribution in [1.82, 2.24) is 4.90 Å². The standard InChI is InChI=1S/C15H24O3.C12H17N3.C8H16.3C2H6/c1-4-6-7-13(16)12-8-9-14(17-3)15(11-12)18-10-5-2;1-9-13-12(14(2)3)10-7-5-6-8-11(10)15(9)4;1-7-3-5-8(2)6-4-7;3*1-2/h8-9,11,13,16H,4-7,10H2,1-3H3;5-9H,1-4H3;7-8H,3-6H2,1-2H3;3*1-2H3. The summed E-state index contributed by atoms with van der Waals surface area (Å²) in [4.78, 5) is 8.94. The molecule has 2 aromatic rings. The van der Waals surface area contributed by atoms with Gasteiger partial charge in [-0.25, -0.2) is 4.99 Å². The summed E-state index contributed by atoms with van der Waals surface area (Å²) >= 11 is 0. The number of nitrogens with zero attached hydrogens (tertiary/aromatic N) is 3. The van der Waals surface area contributed by atoms with E-state index in [2.05, 4.69) is 80.7 Å². The Labute approximate surface area is 292 Å². The minimum Gasteiger partial charge on any atom is -0.493 e. The van der Waals surface area contributed by atoms with Crippen molar-refractivity contribution in [3.8, 4) is 11.5 Å². The van der Waals surface area contributed by atoms with Crippen LogP contribution in [0.4, 0.5) is 5.69 Å². The molecular weight excluding hydrogens is 582 g/mol. The zero-order valence-electron chi connectivity index (χ0n) is 33.3. The van der Waals surface area contributed by atoms with E-state index in [1.807, 2.05) is 73.8 Å². The number of aliphatic imine (C=N–C) groups is 1. The lowest BCUT2D eigenvalue weighted by Crippen LogP contribution is -2.37. The van der Waals surface area contributed by atoms with Gasteiger partial charge in [-0.3, -0.25) is 0 Å². The fourth-order valence-electron chi connectivity index (χ4n) is 5.08. The Morgan fingerprint density at radius 1 is 0.851 bits per heavy atom. The fraction of sp³-hybridized carbons (Fsp3) is 0.683. The number of aliphatic hydroxyl groups is 1. The number of benzene rings is 2. The number of methoxy groups -OCH3 is 1. The van der Waals surface area contributed by atoms with Crippen molar-refractivity contribution < 1.29 is 14.6 Å². The van der Waals surface area contributed by atoms with Crippen LogP contribution >= 0.6 is 0 Å². The highest BCUT2D eigenvalue weighted by atomic mass is 16.5. The van der Waals surface area contributed by atoms with E-state index in [-0.39, 0.29) is 6.17 Å². The molecule has 0 radical (unpaired) electrons. The summed E-state index contributed by atoms with van der Waals surface area (Å²) in [6.45, 7) is 23.7. The van der Waals surface area contributed by atoms with Crippen molar-refractivity contribution in [1.29, 1.82) is 0 Å². The first-order valence-electron chi connectivity index (χ1n) is 18.7. The van der Waals surface area contributed by atoms with E-state index < -0.39 is 6.10 Å². The maximum Gasteiger partial charge on any atom is 0.161 e. The van der Waals surface area contributed by atoms with Crippen molar-refractivity contribution >= 4 is 11.5 Å². The lowest BCUT2D eigenvalue weighted by molar-refractivity contribution is 0.163. The lowest BCUT2D eigenvalue weighted by atomic mass is 9.84. The first kappa shape index (κ1) is 46.4. The van der Waals surface area contributed by atoms with E-state index in [9.17, 15) is 5.11 Å². The third kappa shape index (κ3) is 17.3. The van der Waals surface area contributed by atoms with Crippen LogP contribution in [0.25, 0.3) is 0 Å². The van der Waals surface area contributed by atoms with E-state index >= 15 is 0 Å². The number of anilines is 1. The summed E-state index contributed by atoms with van der Waals surface area (Å²) in [6, 6.07) is 14.0. The SMILES string of the molecule is CC.CC.CC.CC1CCC(C)CC1.CC1N=C(N(C)C)c2ccccc2N1C.CCCCC(O)c1ccc(OC)c(OCCC)c1. The molecule has 1 aliphatic carbocycles. The molecule has 0 spiro atoms. The average Bonchev–Trinajstić information content (AvgIpc) is 3.12. The molecule has 272 valence electrons. The van der Waals surface area contributed by atoms with Gasteiger partial charge in [0.05, 0.1) is 19.8 Å². The average molecular weight is 658 g/mol. The summed E-state index contributed by atoms with van der Waals surface area (Å²) in [5, 5.41) is 10.1. The maximum absolute atomic E-state index is 10.1. The molecule has 1 saturated carbocycles. The van der Waals surface area contributed by atoms with Crippen LogP contribution in [0, 0.1) is 11.8 Å². The van der Waals surface area contributed by atoms with Gasteiger partial charge >= 0.3 is 0 Å². The van der Waals surface area contributed by atoms with Crippen molar-refractivity contribution in [2.24, 2.45) is 16.8 Å². The quantitative estimate of drug-likeness (QED) is 0.306. The van der Waals surface area contributed by atoms with E-state index in [0.29, 0.717) is 12.4 Å². The molecule has 1 heterocycles. The zero-order valence-corrected chi connectivity index (χ0v) is 33.3. The minimum atomic E-state index is -0.417. The Morgan fingerprint density at radius 3 is 1.89 bits per heavy atom. The number of rotatable bonds is 8. The number of hydrogen-bond donors (Lipinski definition) is 1. The second-order valence-corrected chi connectivity index (χ2v) is 11.9. The largest absolute Gasteiger partial charge is 0.493 e. The molecule has 0 saturated heterocycles. The molecular formula is C41H75N3O3. The minimum absolute atomic E-state index is 0.206. The molecule has 0 amide bonds. The molecule has 0 bridgehead atoms. The third-order valence-electron chi connectivity index (χ3n) is 7.99. The summed E-state index contributed by atoms with van der Waals surface area (Å²) in [5.41, 5.74) is 3.36. The molecule has 6 nitrogen and oxygen atoms in total. The number of para-hydroxylation sites is 1. The molecule has 1 N–H and O–H groups in total. The van der Waals surface area contributed by atoms with Crippen molar-refractivity contribution in [2.45, 2.75) is 140 Å². The number of hydrogen-bond acceptors (Lipinski definition) is 6. The van der Waals surface area contributed by atoms with Gasteiger partial charge in [0.1, 0.15) is 12.0 Å². The van der Waals surface area contributed by atoms with Crippen LogP contribution < -0.4 is 14.4 Å². The summed E-state index contributed by atoms with van der Waals surface area (Å²) in [7, 11) is 7.78. The summed E-state index contributed by atoms with van der Waals surface area (Å²) in [6.07, 6.45) is 9.54. The molecule has 6 heteroatoms. The molecule has 2 atom stereocenters. The van der Waals surface area contributed by atoms with Gasteiger partial charge < -0.3 is 24.4 Å². The van der Waals surface area contributed by atoms with Crippen LogP contribution in [0.15, 0.2) is 47.5 Å². The first-order valence-corrected chi connectivity index (χ1v) is 18.7. The number of ether oxygens (including phenoxy) is 2. The summed E-state index contributed by atoms with van der Waals surface area (Å²) in [5.74, 6) is 4.54. The second-order valence-electron chi connectivity index (χ2n) is 11.9. The second kappa shape index (κ2) is 28.3. The predicted molar refractivity (Wildman–Crippen MR) is 209 cm³/mol. The molecule has 4 rings (SSSR count). The normalized spacial score (nSPS) is 18.1. The van der Waals surface area contributed by atoms with Gasteiger partial charge in [-0.05, 0) is 61.4 Å². The van der Waals surface area contributed by atoms with E-state index in [1.165, 1.54) is 36.9 Å². The van der Waals surface area contributed by atoms with E-state index in [0.717, 1.165) is 54.7 Å². The van der Waals surface area contributed by atoms with Crippen LogP contribution in [0.5, 0.6) is 11.5 Å². The number of unbranched alkanes of at least 4 members (excludes halogenated alkanes) is 1. The Morgan fingerprint density at radius 2 is 1.40 bits per heavy atom. The highest BCUT2D eigenvalue weighted by Crippen LogP contribution is 2.32. The van der Waals surface area contributed by atoms with Gasteiger partial charge in [0, 0.05) is 32.4 Å². The molecule has 2 unspecified atom stereocenters. The van der Waals surface area contributed by atoms with Crippen molar-refractivity contribution in [3.05, 3.63) is 53.6 Å². The van der Waals surface area contributed by atoms with Gasteiger partial charge in [-0.2, -0.15) is 0 Å². The van der Waals surface area contributed by atoms with Crippen LogP contribution in [-0.4, -0.2) is 56.9 Å². The van der Waals surface area contributed by atoms with Gasteiger partial charge in [0.15, 0.2) is 11.5 Å².